The van der Waals surface area contributed by atoms with Gasteiger partial charge in [-0.1, -0.05) is 36.4 Å². The van der Waals surface area contributed by atoms with Crippen LogP contribution in [0.4, 0.5) is 11.4 Å². The lowest BCUT2D eigenvalue weighted by atomic mass is 10.0. The fourth-order valence-corrected chi connectivity index (χ4v) is 4.02. The summed E-state index contributed by atoms with van der Waals surface area (Å²) in [6.45, 7) is 5.39. The van der Waals surface area contributed by atoms with E-state index in [4.69, 9.17) is 31.4 Å². The molecule has 1 aliphatic rings. The molecular weight excluding hydrogens is 428 g/mol. The Balaban J connectivity index is 0.000000534. The second kappa shape index (κ2) is 13.1. The maximum absolute atomic E-state index is 9.10. The first-order valence-electron chi connectivity index (χ1n) is 11.0. The normalized spacial score (nSPS) is 13.3. The van der Waals surface area contributed by atoms with E-state index < -0.39 is 11.9 Å². The molecule has 0 saturated carbocycles. The topological polar surface area (TPSA) is 81.1 Å². The van der Waals surface area contributed by atoms with Crippen LogP contribution in [0.1, 0.15) is 37.3 Å². The predicted molar refractivity (Wildman–Crippen MR) is 129 cm³/mol. The van der Waals surface area contributed by atoms with Gasteiger partial charge in [-0.3, -0.25) is 0 Å². The third-order valence-corrected chi connectivity index (χ3v) is 5.69. The van der Waals surface area contributed by atoms with Gasteiger partial charge in [-0.15, -0.1) is 11.6 Å². The number of alkyl halides is 1. The summed E-state index contributed by atoms with van der Waals surface area (Å²) in [5.41, 5.74) is 5.70. The molecule has 1 aliphatic heterocycles. The number of carboxylic acids is 2. The van der Waals surface area contributed by atoms with E-state index in [1.54, 1.807) is 0 Å². The van der Waals surface area contributed by atoms with E-state index in [1.165, 1.54) is 28.9 Å². The summed E-state index contributed by atoms with van der Waals surface area (Å²) in [7, 11) is 2.23. The van der Waals surface area contributed by atoms with E-state index in [-0.39, 0.29) is 5.38 Å². The van der Waals surface area contributed by atoms with Gasteiger partial charge in [-0.05, 0) is 82.4 Å². The molecule has 6 nitrogen and oxygen atoms in total. The van der Waals surface area contributed by atoms with E-state index in [9.17, 15) is 0 Å². The average molecular weight is 461 g/mol. The number of rotatable bonds is 8. The highest BCUT2D eigenvalue weighted by Gasteiger charge is 2.19. The number of carbonyl (C=O) groups is 2. The van der Waals surface area contributed by atoms with Crippen LogP contribution in [0.2, 0.25) is 0 Å². The molecule has 0 amide bonds. The van der Waals surface area contributed by atoms with Crippen molar-refractivity contribution in [2.45, 2.75) is 44.4 Å². The minimum atomic E-state index is -1.82. The second-order valence-corrected chi connectivity index (χ2v) is 8.84. The molecule has 174 valence electrons. The maximum Gasteiger partial charge on any atom is 0.414 e. The smallest absolute Gasteiger partial charge is 0.414 e. The summed E-state index contributed by atoms with van der Waals surface area (Å²) >= 11 is 6.05. The SMILES string of the molecule is CC(Cl)CCCN(C)CCCN1c2ccccc2CCc2ccccc21.O=C(O)C(=O)O. The number of fused-ring (bicyclic) bond motifs is 2. The molecule has 2 aromatic rings. The molecule has 1 atom stereocenters. The highest BCUT2D eigenvalue weighted by Crippen LogP contribution is 2.35. The van der Waals surface area contributed by atoms with Crippen molar-refractivity contribution in [1.82, 2.24) is 4.90 Å². The number of benzene rings is 2. The standard InChI is InChI=1S/C23H31ClN2.C2H2O4/c1-19(24)9-7-16-25(2)17-8-18-26-22-12-5-3-10-20(22)14-15-21-11-4-6-13-23(21)26;3-1(4)2(5)6/h3-6,10-13,19H,7-9,14-18H2,1-2H3;(H,3,4)(H,5,6). The quantitative estimate of drug-likeness (QED) is 0.434. The summed E-state index contributed by atoms with van der Waals surface area (Å²) < 4.78 is 0. The highest BCUT2D eigenvalue weighted by atomic mass is 35.5. The van der Waals surface area contributed by atoms with Crippen LogP contribution in [0.3, 0.4) is 0 Å². The van der Waals surface area contributed by atoms with Gasteiger partial charge in [0.1, 0.15) is 0 Å². The Kier molecular flexibility index (Phi) is 10.5. The first-order chi connectivity index (χ1) is 15.3. The summed E-state index contributed by atoms with van der Waals surface area (Å²) in [6, 6.07) is 17.8. The minimum absolute atomic E-state index is 0.286. The Morgan fingerprint density at radius 1 is 0.938 bits per heavy atom. The van der Waals surface area contributed by atoms with Gasteiger partial charge in [0, 0.05) is 23.3 Å². The third-order valence-electron chi connectivity index (χ3n) is 5.47. The molecule has 32 heavy (non-hydrogen) atoms. The summed E-state index contributed by atoms with van der Waals surface area (Å²) in [4.78, 5) is 23.2. The first kappa shape index (κ1) is 25.7. The number of anilines is 2. The molecule has 0 saturated heterocycles. The van der Waals surface area contributed by atoms with Crippen LogP contribution in [0.25, 0.3) is 0 Å². The number of halogens is 1. The lowest BCUT2D eigenvalue weighted by Gasteiger charge is -2.28. The minimum Gasteiger partial charge on any atom is -0.473 e. The average Bonchev–Trinajstić information content (AvgIpc) is 2.91. The molecule has 0 radical (unpaired) electrons. The van der Waals surface area contributed by atoms with Crippen LogP contribution < -0.4 is 4.90 Å². The maximum atomic E-state index is 9.10. The molecule has 2 aromatic carbocycles. The first-order valence-corrected chi connectivity index (χ1v) is 11.5. The molecule has 0 aliphatic carbocycles. The molecule has 0 fully saturated rings. The van der Waals surface area contributed by atoms with Crippen LogP contribution in [0.15, 0.2) is 48.5 Å². The number of hydrogen-bond donors (Lipinski definition) is 2. The molecule has 0 spiro atoms. The largest absolute Gasteiger partial charge is 0.473 e. The van der Waals surface area contributed by atoms with Crippen LogP contribution in [0, 0.1) is 0 Å². The summed E-state index contributed by atoms with van der Waals surface area (Å²) in [5.74, 6) is -3.65. The van der Waals surface area contributed by atoms with Gasteiger partial charge in [0.25, 0.3) is 0 Å². The molecule has 3 rings (SSSR count). The van der Waals surface area contributed by atoms with E-state index >= 15 is 0 Å². The van der Waals surface area contributed by atoms with Crippen LogP contribution in [0.5, 0.6) is 0 Å². The number of nitrogens with zero attached hydrogens (tertiary/aromatic N) is 2. The third kappa shape index (κ3) is 8.17. The number of aliphatic carboxylic acids is 2. The van der Waals surface area contributed by atoms with Crippen molar-refractivity contribution in [2.24, 2.45) is 0 Å². The van der Waals surface area contributed by atoms with Crippen LogP contribution in [-0.2, 0) is 22.4 Å². The number of carboxylic acid groups (broad SMARTS) is 2. The molecule has 1 unspecified atom stereocenters. The predicted octanol–water partition coefficient (Wildman–Crippen LogP) is 4.81. The second-order valence-electron chi connectivity index (χ2n) is 8.10. The van der Waals surface area contributed by atoms with E-state index in [0.29, 0.717) is 0 Å². The molecule has 1 heterocycles. The van der Waals surface area contributed by atoms with Gasteiger partial charge >= 0.3 is 11.9 Å². The Morgan fingerprint density at radius 2 is 1.41 bits per heavy atom. The molecule has 0 aromatic heterocycles. The van der Waals surface area contributed by atoms with Crippen LogP contribution in [-0.4, -0.2) is 59.1 Å². The fraction of sp³-hybridized carbons (Fsp3) is 0.440. The Morgan fingerprint density at radius 3 is 1.88 bits per heavy atom. The Hall–Kier alpha value is -2.57. The van der Waals surface area contributed by atoms with Crippen molar-refractivity contribution in [2.75, 3.05) is 31.6 Å². The zero-order valence-corrected chi connectivity index (χ0v) is 19.6. The van der Waals surface area contributed by atoms with Gasteiger partial charge in [0.15, 0.2) is 0 Å². The summed E-state index contributed by atoms with van der Waals surface area (Å²) in [5, 5.41) is 15.1. The lowest BCUT2D eigenvalue weighted by Crippen LogP contribution is -2.26. The molecule has 7 heteroatoms. The zero-order valence-electron chi connectivity index (χ0n) is 18.8. The van der Waals surface area contributed by atoms with Crippen molar-refractivity contribution in [3.63, 3.8) is 0 Å². The monoisotopic (exact) mass is 460 g/mol. The number of hydrogen-bond acceptors (Lipinski definition) is 4. The Bertz CT molecular complexity index is 828. The molecule has 2 N–H and O–H groups in total. The fourth-order valence-electron chi connectivity index (χ4n) is 3.86. The van der Waals surface area contributed by atoms with Crippen molar-refractivity contribution in [3.8, 4) is 0 Å². The van der Waals surface area contributed by atoms with Crippen molar-refractivity contribution < 1.29 is 19.8 Å². The van der Waals surface area contributed by atoms with Gasteiger partial charge in [-0.25, -0.2) is 9.59 Å². The van der Waals surface area contributed by atoms with E-state index in [1.807, 2.05) is 0 Å². The summed E-state index contributed by atoms with van der Waals surface area (Å²) in [6.07, 6.45) is 5.69. The van der Waals surface area contributed by atoms with Crippen molar-refractivity contribution in [1.29, 1.82) is 0 Å². The Labute approximate surface area is 195 Å². The number of aryl methyl sites for hydroxylation is 2. The van der Waals surface area contributed by atoms with Gasteiger partial charge in [0.05, 0.1) is 0 Å². The molecule has 0 bridgehead atoms. The zero-order chi connectivity index (χ0) is 23.5. The van der Waals surface area contributed by atoms with Crippen molar-refractivity contribution in [3.05, 3.63) is 59.7 Å². The number of para-hydroxylation sites is 2. The molecular formula is C25H33ClN2O4. The van der Waals surface area contributed by atoms with Gasteiger partial charge in [0.2, 0.25) is 0 Å². The highest BCUT2D eigenvalue weighted by molar-refractivity contribution is 6.27. The van der Waals surface area contributed by atoms with Crippen molar-refractivity contribution >= 4 is 34.9 Å². The van der Waals surface area contributed by atoms with Crippen LogP contribution >= 0.6 is 11.6 Å². The van der Waals surface area contributed by atoms with Gasteiger partial charge < -0.3 is 20.0 Å². The lowest BCUT2D eigenvalue weighted by molar-refractivity contribution is -0.159. The van der Waals surface area contributed by atoms with E-state index in [2.05, 4.69) is 72.3 Å². The van der Waals surface area contributed by atoms with Gasteiger partial charge in [-0.2, -0.15) is 0 Å². The van der Waals surface area contributed by atoms with E-state index in [0.717, 1.165) is 45.3 Å².